The average Bonchev–Trinajstić information content (AvgIpc) is 2.81. The quantitative estimate of drug-likeness (QED) is 0.909. The summed E-state index contributed by atoms with van der Waals surface area (Å²) in [5, 5.41) is 1.19. The lowest BCUT2D eigenvalue weighted by Crippen LogP contribution is -2.46. The van der Waals surface area contributed by atoms with E-state index in [1.54, 1.807) is 0 Å². The number of rotatable bonds is 2. The highest BCUT2D eigenvalue weighted by Crippen LogP contribution is 2.43. The second-order valence-electron chi connectivity index (χ2n) is 6.88. The SMILES string of the molecule is CCN1CCN(c2nc3c(s2)C(N)CC(C)(C)C3)CC1. The molecule has 1 aromatic rings. The van der Waals surface area contributed by atoms with Gasteiger partial charge in [0, 0.05) is 37.1 Å². The second-order valence-corrected chi connectivity index (χ2v) is 7.89. The van der Waals surface area contributed by atoms with Crippen LogP contribution >= 0.6 is 11.3 Å². The van der Waals surface area contributed by atoms with Gasteiger partial charge in [0.25, 0.3) is 0 Å². The number of hydrogen-bond donors (Lipinski definition) is 1. The first kappa shape index (κ1) is 14.3. The predicted octanol–water partition coefficient (Wildman–Crippen LogP) is 2.26. The fraction of sp³-hybridized carbons (Fsp3) is 0.800. The van der Waals surface area contributed by atoms with Crippen LogP contribution in [0.3, 0.4) is 0 Å². The first-order valence-corrected chi connectivity index (χ1v) is 8.52. The van der Waals surface area contributed by atoms with Gasteiger partial charge in [0.05, 0.1) is 5.69 Å². The smallest absolute Gasteiger partial charge is 0.185 e. The molecule has 1 unspecified atom stereocenters. The maximum atomic E-state index is 6.35. The third kappa shape index (κ3) is 2.71. The van der Waals surface area contributed by atoms with E-state index in [2.05, 4.69) is 30.6 Å². The molecule has 1 aliphatic carbocycles. The molecule has 0 bridgehead atoms. The molecule has 0 saturated carbocycles. The summed E-state index contributed by atoms with van der Waals surface area (Å²) < 4.78 is 0. The summed E-state index contributed by atoms with van der Waals surface area (Å²) >= 11 is 1.83. The zero-order valence-corrected chi connectivity index (χ0v) is 13.7. The van der Waals surface area contributed by atoms with E-state index in [1.165, 1.54) is 15.7 Å². The van der Waals surface area contributed by atoms with Gasteiger partial charge in [0.1, 0.15) is 0 Å². The van der Waals surface area contributed by atoms with Crippen molar-refractivity contribution in [2.24, 2.45) is 11.1 Å². The molecule has 1 saturated heterocycles. The van der Waals surface area contributed by atoms with Gasteiger partial charge in [-0.25, -0.2) is 4.98 Å². The number of fused-ring (bicyclic) bond motifs is 1. The van der Waals surface area contributed by atoms with Crippen molar-refractivity contribution >= 4 is 16.5 Å². The van der Waals surface area contributed by atoms with Gasteiger partial charge in [-0.3, -0.25) is 0 Å². The molecule has 3 rings (SSSR count). The number of thiazole rings is 1. The monoisotopic (exact) mass is 294 g/mol. The van der Waals surface area contributed by atoms with E-state index in [0.717, 1.165) is 45.6 Å². The fourth-order valence-corrected chi connectivity index (χ4v) is 4.51. The first-order chi connectivity index (χ1) is 9.48. The van der Waals surface area contributed by atoms with E-state index in [9.17, 15) is 0 Å². The third-order valence-corrected chi connectivity index (χ3v) is 5.85. The van der Waals surface area contributed by atoms with Crippen LogP contribution in [0.1, 0.15) is 43.8 Å². The summed E-state index contributed by atoms with van der Waals surface area (Å²) in [5.74, 6) is 0. The summed E-state index contributed by atoms with van der Waals surface area (Å²) in [6.45, 7) is 12.5. The van der Waals surface area contributed by atoms with Crippen LogP contribution in [0.4, 0.5) is 5.13 Å². The van der Waals surface area contributed by atoms with E-state index >= 15 is 0 Å². The van der Waals surface area contributed by atoms with E-state index in [0.29, 0.717) is 5.41 Å². The molecule has 2 aliphatic rings. The molecule has 0 radical (unpaired) electrons. The highest BCUT2D eigenvalue weighted by molar-refractivity contribution is 7.15. The molecule has 0 aromatic carbocycles. The van der Waals surface area contributed by atoms with Crippen molar-refractivity contribution in [2.75, 3.05) is 37.6 Å². The van der Waals surface area contributed by atoms with Gasteiger partial charge in [-0.1, -0.05) is 32.1 Å². The summed E-state index contributed by atoms with van der Waals surface area (Å²) in [7, 11) is 0. The van der Waals surface area contributed by atoms with Gasteiger partial charge < -0.3 is 15.5 Å². The van der Waals surface area contributed by atoms with Gasteiger partial charge in [0.15, 0.2) is 5.13 Å². The summed E-state index contributed by atoms with van der Waals surface area (Å²) in [5.41, 5.74) is 7.90. The number of likely N-dealkylation sites (N-methyl/N-ethyl adjacent to an activating group) is 1. The lowest BCUT2D eigenvalue weighted by atomic mass is 9.77. The fourth-order valence-electron chi connectivity index (χ4n) is 3.37. The molecular formula is C15H26N4S. The van der Waals surface area contributed by atoms with E-state index in [1.807, 2.05) is 11.3 Å². The number of aromatic nitrogens is 1. The second kappa shape index (κ2) is 5.28. The average molecular weight is 294 g/mol. The van der Waals surface area contributed by atoms with Crippen LogP contribution < -0.4 is 10.6 Å². The van der Waals surface area contributed by atoms with Crippen molar-refractivity contribution in [1.29, 1.82) is 0 Å². The van der Waals surface area contributed by atoms with Gasteiger partial charge in [-0.2, -0.15) is 0 Å². The van der Waals surface area contributed by atoms with Crippen molar-refractivity contribution < 1.29 is 0 Å². The normalized spacial score (nSPS) is 26.6. The Labute approximate surface area is 126 Å². The standard InChI is InChI=1S/C15H26N4S/c1-4-18-5-7-19(8-6-18)14-17-12-10-15(2,3)9-11(16)13(12)20-14/h11H,4-10,16H2,1-3H3. The molecular weight excluding hydrogens is 268 g/mol. The maximum Gasteiger partial charge on any atom is 0.185 e. The van der Waals surface area contributed by atoms with Crippen LogP contribution in [0.2, 0.25) is 0 Å². The Balaban J connectivity index is 1.77. The molecule has 1 atom stereocenters. The van der Waals surface area contributed by atoms with Crippen molar-refractivity contribution in [3.05, 3.63) is 10.6 Å². The Bertz CT molecular complexity index is 474. The molecule has 0 spiro atoms. The van der Waals surface area contributed by atoms with Gasteiger partial charge >= 0.3 is 0 Å². The molecule has 2 heterocycles. The largest absolute Gasteiger partial charge is 0.346 e. The zero-order valence-electron chi connectivity index (χ0n) is 12.9. The lowest BCUT2D eigenvalue weighted by Gasteiger charge is -2.33. The number of piperazine rings is 1. The summed E-state index contributed by atoms with van der Waals surface area (Å²) in [4.78, 5) is 11.2. The Morgan fingerprint density at radius 3 is 2.65 bits per heavy atom. The van der Waals surface area contributed by atoms with Gasteiger partial charge in [-0.15, -0.1) is 0 Å². The third-order valence-electron chi connectivity index (χ3n) is 4.56. The minimum absolute atomic E-state index is 0.178. The highest BCUT2D eigenvalue weighted by atomic mass is 32.1. The van der Waals surface area contributed by atoms with E-state index < -0.39 is 0 Å². The van der Waals surface area contributed by atoms with Crippen molar-refractivity contribution in [2.45, 2.75) is 39.7 Å². The van der Waals surface area contributed by atoms with Gasteiger partial charge in [-0.05, 0) is 24.8 Å². The molecule has 4 nitrogen and oxygen atoms in total. The van der Waals surface area contributed by atoms with Crippen LogP contribution in [0.5, 0.6) is 0 Å². The van der Waals surface area contributed by atoms with E-state index in [-0.39, 0.29) is 6.04 Å². The van der Waals surface area contributed by atoms with Crippen LogP contribution in [0.25, 0.3) is 0 Å². The molecule has 1 aromatic heterocycles. The molecule has 0 amide bonds. The Hall–Kier alpha value is -0.650. The molecule has 1 aliphatic heterocycles. The van der Waals surface area contributed by atoms with Crippen molar-refractivity contribution in [3.8, 4) is 0 Å². The molecule has 20 heavy (non-hydrogen) atoms. The van der Waals surface area contributed by atoms with Crippen LogP contribution in [0.15, 0.2) is 0 Å². The number of nitrogens with two attached hydrogens (primary N) is 1. The lowest BCUT2D eigenvalue weighted by molar-refractivity contribution is 0.270. The Morgan fingerprint density at radius 2 is 2.00 bits per heavy atom. The highest BCUT2D eigenvalue weighted by Gasteiger charge is 2.34. The van der Waals surface area contributed by atoms with E-state index in [4.69, 9.17) is 10.7 Å². The van der Waals surface area contributed by atoms with Gasteiger partial charge in [0.2, 0.25) is 0 Å². The molecule has 1 fully saturated rings. The Morgan fingerprint density at radius 1 is 1.30 bits per heavy atom. The zero-order chi connectivity index (χ0) is 14.3. The number of hydrogen-bond acceptors (Lipinski definition) is 5. The summed E-state index contributed by atoms with van der Waals surface area (Å²) in [6.07, 6.45) is 2.15. The molecule has 2 N–H and O–H groups in total. The Kier molecular flexibility index (Phi) is 3.77. The number of nitrogens with zero attached hydrogens (tertiary/aromatic N) is 3. The first-order valence-electron chi connectivity index (χ1n) is 7.71. The minimum atomic E-state index is 0.178. The molecule has 5 heteroatoms. The maximum absolute atomic E-state index is 6.35. The van der Waals surface area contributed by atoms with Crippen LogP contribution in [0, 0.1) is 5.41 Å². The number of anilines is 1. The summed E-state index contributed by atoms with van der Waals surface area (Å²) in [6, 6.07) is 0.178. The van der Waals surface area contributed by atoms with Crippen LogP contribution in [-0.4, -0.2) is 42.6 Å². The predicted molar refractivity (Wildman–Crippen MR) is 85.5 cm³/mol. The van der Waals surface area contributed by atoms with Crippen LogP contribution in [-0.2, 0) is 6.42 Å². The van der Waals surface area contributed by atoms with Crippen molar-refractivity contribution in [1.82, 2.24) is 9.88 Å². The topological polar surface area (TPSA) is 45.4 Å². The molecule has 112 valence electrons. The van der Waals surface area contributed by atoms with Crippen molar-refractivity contribution in [3.63, 3.8) is 0 Å². The minimum Gasteiger partial charge on any atom is -0.346 e.